The van der Waals surface area contributed by atoms with Gasteiger partial charge in [-0.2, -0.15) is 10.2 Å². The van der Waals surface area contributed by atoms with Gasteiger partial charge in [0, 0.05) is 12.0 Å². The molecule has 0 fully saturated rings. The Morgan fingerprint density at radius 3 is 2.67 bits per heavy atom. The number of hydrogen-bond donors (Lipinski definition) is 0. The molecule has 1 aromatic rings. The summed E-state index contributed by atoms with van der Waals surface area (Å²) >= 11 is 0. The second-order valence-corrected chi connectivity index (χ2v) is 3.87. The third-order valence-corrected chi connectivity index (χ3v) is 2.41. The van der Waals surface area contributed by atoms with Gasteiger partial charge in [0.15, 0.2) is 5.78 Å². The van der Waals surface area contributed by atoms with E-state index in [9.17, 15) is 4.79 Å². The van der Waals surface area contributed by atoms with Crippen LogP contribution in [0.15, 0.2) is 6.07 Å². The minimum Gasteiger partial charge on any atom is -0.294 e. The fraction of sp³-hybridized carbons (Fsp3) is 0.583. The molecule has 82 valence electrons. The van der Waals surface area contributed by atoms with Crippen LogP contribution in [0.1, 0.15) is 54.4 Å². The van der Waals surface area contributed by atoms with Crippen LogP contribution >= 0.6 is 0 Å². The van der Waals surface area contributed by atoms with Gasteiger partial charge < -0.3 is 0 Å². The van der Waals surface area contributed by atoms with Crippen molar-refractivity contribution in [1.82, 2.24) is 10.2 Å². The highest BCUT2D eigenvalue weighted by molar-refractivity contribution is 5.96. The molecule has 0 aliphatic rings. The Bertz CT molecular complexity index is 347. The van der Waals surface area contributed by atoms with Crippen LogP contribution in [-0.4, -0.2) is 16.0 Å². The Morgan fingerprint density at radius 1 is 1.27 bits per heavy atom. The third kappa shape index (κ3) is 3.42. The standard InChI is InChI=1S/C12H18N2O/c1-4-5-6-7-12(15)11-8-9(2)13-14-10(11)3/h8H,4-7H2,1-3H3. The molecule has 0 aromatic carbocycles. The first-order valence-corrected chi connectivity index (χ1v) is 5.49. The molecule has 0 aliphatic carbocycles. The van der Waals surface area contributed by atoms with Crippen molar-refractivity contribution in [3.63, 3.8) is 0 Å². The van der Waals surface area contributed by atoms with Gasteiger partial charge in [-0.3, -0.25) is 4.79 Å². The quantitative estimate of drug-likeness (QED) is 0.549. The Morgan fingerprint density at radius 2 is 2.00 bits per heavy atom. The van der Waals surface area contributed by atoms with Gasteiger partial charge in [-0.25, -0.2) is 0 Å². The van der Waals surface area contributed by atoms with Crippen molar-refractivity contribution in [3.8, 4) is 0 Å². The van der Waals surface area contributed by atoms with Crippen LogP contribution in [0.4, 0.5) is 0 Å². The summed E-state index contributed by atoms with van der Waals surface area (Å²) in [4.78, 5) is 11.8. The van der Waals surface area contributed by atoms with Crippen LogP contribution < -0.4 is 0 Å². The van der Waals surface area contributed by atoms with Gasteiger partial charge in [-0.1, -0.05) is 19.8 Å². The number of ketones is 1. The van der Waals surface area contributed by atoms with Crippen molar-refractivity contribution < 1.29 is 4.79 Å². The van der Waals surface area contributed by atoms with Crippen molar-refractivity contribution in [3.05, 3.63) is 23.0 Å². The zero-order valence-electron chi connectivity index (χ0n) is 9.71. The number of Topliss-reactive ketones (excluding diaryl/α,β-unsaturated/α-hetero) is 1. The fourth-order valence-electron chi connectivity index (χ4n) is 1.50. The highest BCUT2D eigenvalue weighted by Gasteiger charge is 2.10. The van der Waals surface area contributed by atoms with E-state index in [1.54, 1.807) is 0 Å². The maximum Gasteiger partial charge on any atom is 0.164 e. The molecule has 0 bridgehead atoms. The molecule has 15 heavy (non-hydrogen) atoms. The van der Waals surface area contributed by atoms with Crippen LogP contribution in [0.25, 0.3) is 0 Å². The fourth-order valence-corrected chi connectivity index (χ4v) is 1.50. The number of nitrogens with zero attached hydrogens (tertiary/aromatic N) is 2. The molecule has 0 aliphatic heterocycles. The van der Waals surface area contributed by atoms with Crippen LogP contribution in [0.3, 0.4) is 0 Å². The number of unbranched alkanes of at least 4 members (excludes halogenated alkanes) is 2. The second kappa shape index (κ2) is 5.59. The topological polar surface area (TPSA) is 42.9 Å². The molecular weight excluding hydrogens is 188 g/mol. The molecule has 0 N–H and O–H groups in total. The molecule has 3 nitrogen and oxygen atoms in total. The first-order valence-electron chi connectivity index (χ1n) is 5.49. The zero-order chi connectivity index (χ0) is 11.3. The lowest BCUT2D eigenvalue weighted by Crippen LogP contribution is -2.05. The average Bonchev–Trinajstić information content (AvgIpc) is 2.22. The monoisotopic (exact) mass is 206 g/mol. The van der Waals surface area contributed by atoms with Gasteiger partial charge in [-0.15, -0.1) is 0 Å². The summed E-state index contributed by atoms with van der Waals surface area (Å²) in [7, 11) is 0. The molecule has 0 amide bonds. The number of aryl methyl sites for hydroxylation is 2. The molecule has 0 saturated carbocycles. The Balaban J connectivity index is 2.68. The van der Waals surface area contributed by atoms with Crippen LogP contribution in [0, 0.1) is 13.8 Å². The van der Waals surface area contributed by atoms with E-state index < -0.39 is 0 Å². The lowest BCUT2D eigenvalue weighted by molar-refractivity contribution is 0.0978. The van der Waals surface area contributed by atoms with Crippen molar-refractivity contribution in [1.29, 1.82) is 0 Å². The lowest BCUT2D eigenvalue weighted by atomic mass is 10.0. The van der Waals surface area contributed by atoms with Crippen molar-refractivity contribution in [2.45, 2.75) is 46.5 Å². The predicted molar refractivity (Wildman–Crippen MR) is 60.0 cm³/mol. The highest BCUT2D eigenvalue weighted by atomic mass is 16.1. The van der Waals surface area contributed by atoms with Gasteiger partial charge in [0.25, 0.3) is 0 Å². The first-order chi connectivity index (χ1) is 7.15. The van der Waals surface area contributed by atoms with Crippen molar-refractivity contribution in [2.24, 2.45) is 0 Å². The molecule has 0 unspecified atom stereocenters. The lowest BCUT2D eigenvalue weighted by Gasteiger charge is -2.03. The van der Waals surface area contributed by atoms with Crippen molar-refractivity contribution in [2.75, 3.05) is 0 Å². The number of rotatable bonds is 5. The summed E-state index contributed by atoms with van der Waals surface area (Å²) in [5.41, 5.74) is 2.28. The molecule has 1 rings (SSSR count). The normalized spacial score (nSPS) is 10.3. The maximum atomic E-state index is 11.8. The Hall–Kier alpha value is -1.25. The van der Waals surface area contributed by atoms with Gasteiger partial charge in [-0.05, 0) is 26.3 Å². The van der Waals surface area contributed by atoms with E-state index in [1.807, 2.05) is 19.9 Å². The number of carbonyl (C=O) groups excluding carboxylic acids is 1. The minimum atomic E-state index is 0.193. The summed E-state index contributed by atoms with van der Waals surface area (Å²) in [6.45, 7) is 5.82. The van der Waals surface area contributed by atoms with E-state index >= 15 is 0 Å². The molecule has 0 saturated heterocycles. The van der Waals surface area contributed by atoms with E-state index in [1.165, 1.54) is 0 Å². The van der Waals surface area contributed by atoms with Gasteiger partial charge in [0.05, 0.1) is 11.4 Å². The molecule has 0 spiro atoms. The summed E-state index contributed by atoms with van der Waals surface area (Å²) < 4.78 is 0. The zero-order valence-corrected chi connectivity index (χ0v) is 9.71. The van der Waals surface area contributed by atoms with Gasteiger partial charge in [0.1, 0.15) is 0 Å². The number of hydrogen-bond acceptors (Lipinski definition) is 3. The number of carbonyl (C=O) groups is 1. The summed E-state index contributed by atoms with van der Waals surface area (Å²) in [5, 5.41) is 7.87. The van der Waals surface area contributed by atoms with Gasteiger partial charge in [0.2, 0.25) is 0 Å². The van der Waals surface area contributed by atoms with Crippen LogP contribution in [0.5, 0.6) is 0 Å². The van der Waals surface area contributed by atoms with Gasteiger partial charge >= 0.3 is 0 Å². The van der Waals surface area contributed by atoms with Crippen molar-refractivity contribution >= 4 is 5.78 Å². The highest BCUT2D eigenvalue weighted by Crippen LogP contribution is 2.11. The second-order valence-electron chi connectivity index (χ2n) is 3.87. The third-order valence-electron chi connectivity index (χ3n) is 2.41. The molecule has 0 radical (unpaired) electrons. The predicted octanol–water partition coefficient (Wildman–Crippen LogP) is 2.86. The largest absolute Gasteiger partial charge is 0.294 e. The Labute approximate surface area is 90.9 Å². The molecular formula is C12H18N2O. The van der Waals surface area contributed by atoms with E-state index in [0.29, 0.717) is 6.42 Å². The summed E-state index contributed by atoms with van der Waals surface area (Å²) in [5.74, 6) is 0.193. The summed E-state index contributed by atoms with van der Waals surface area (Å²) in [6.07, 6.45) is 3.85. The maximum absolute atomic E-state index is 11.8. The molecule has 1 aromatic heterocycles. The average molecular weight is 206 g/mol. The first kappa shape index (κ1) is 11.8. The van der Waals surface area contributed by atoms with E-state index in [-0.39, 0.29) is 5.78 Å². The van der Waals surface area contributed by atoms with Crippen LogP contribution in [-0.2, 0) is 0 Å². The molecule has 3 heteroatoms. The minimum absolute atomic E-state index is 0.193. The smallest absolute Gasteiger partial charge is 0.164 e. The number of aromatic nitrogens is 2. The molecule has 0 atom stereocenters. The van der Waals surface area contributed by atoms with E-state index in [4.69, 9.17) is 0 Å². The Kier molecular flexibility index (Phi) is 4.40. The van der Waals surface area contributed by atoms with E-state index in [0.717, 1.165) is 36.2 Å². The van der Waals surface area contributed by atoms with E-state index in [2.05, 4.69) is 17.1 Å². The SMILES string of the molecule is CCCCCC(=O)c1cc(C)nnc1C. The summed E-state index contributed by atoms with van der Waals surface area (Å²) in [6, 6.07) is 1.83. The van der Waals surface area contributed by atoms with Crippen LogP contribution in [0.2, 0.25) is 0 Å². The molecule has 1 heterocycles.